The van der Waals surface area contributed by atoms with Crippen LogP contribution in [0.3, 0.4) is 0 Å². The van der Waals surface area contributed by atoms with Crippen molar-refractivity contribution in [1.82, 2.24) is 14.9 Å². The van der Waals surface area contributed by atoms with Gasteiger partial charge in [-0.05, 0) is 125 Å². The molecule has 276 valence electrons. The lowest BCUT2D eigenvalue weighted by atomic mass is 10.0. The highest BCUT2D eigenvalue weighted by Crippen LogP contribution is 2.37. The number of nitrogens with zero attached hydrogens (tertiary/aromatic N) is 3. The minimum absolute atomic E-state index is 0.00296. The zero-order chi connectivity index (χ0) is 37.8. The number of aromatic nitrogens is 2. The molecule has 3 aliphatic heterocycles. The monoisotopic (exact) mass is 831 g/mol. The predicted molar refractivity (Wildman–Crippen MR) is 213 cm³/mol. The van der Waals surface area contributed by atoms with Gasteiger partial charge in [0.25, 0.3) is 0 Å². The second kappa shape index (κ2) is 16.8. The van der Waals surface area contributed by atoms with E-state index in [0.29, 0.717) is 16.5 Å². The lowest BCUT2D eigenvalue weighted by Crippen LogP contribution is -2.18. The molecule has 0 bridgehead atoms. The van der Waals surface area contributed by atoms with Crippen LogP contribution < -0.4 is 10.6 Å². The number of imidazole rings is 1. The molecule has 5 aromatic carbocycles. The van der Waals surface area contributed by atoms with Gasteiger partial charge >= 0.3 is 0 Å². The standard InChI is InChI=1S/C16H13BrClFN2.C16H12ClFN2.C10H10FNO/c17-13-9-11(18)4-5-15(13)21-16-7-6-14(20-16)10-2-1-3-12(19)8-10;17-11-4-5-13-15(9-11)20-14(6-7-16(20)19-13)10-2-1-3-12(18)8-10;11-8-3-1-2-7(6-8)9-4-5-10(13)12-9/h1-5,8-9,14H,6-7H2,(H,20,21);1-5,8-9,14H,6-7H2;1-3,6,9H,4-5H2,(H,12,13). The van der Waals surface area contributed by atoms with Gasteiger partial charge in [-0.15, -0.1) is 0 Å². The molecule has 1 amide bonds. The summed E-state index contributed by atoms with van der Waals surface area (Å²) in [6.45, 7) is 0. The van der Waals surface area contributed by atoms with Gasteiger partial charge in [0.05, 0.1) is 34.8 Å². The summed E-state index contributed by atoms with van der Waals surface area (Å²) in [6, 6.07) is 31.3. The zero-order valence-electron chi connectivity index (χ0n) is 28.9. The van der Waals surface area contributed by atoms with E-state index in [1.807, 2.05) is 54.6 Å². The van der Waals surface area contributed by atoms with Crippen molar-refractivity contribution in [2.45, 2.75) is 56.7 Å². The largest absolute Gasteiger partial charge is 0.349 e. The maximum atomic E-state index is 13.5. The molecule has 9 rings (SSSR count). The molecule has 0 aliphatic carbocycles. The number of carbonyl (C=O) groups excluding carboxylic acids is 1. The lowest BCUT2D eigenvalue weighted by Gasteiger charge is -2.15. The molecule has 0 saturated carbocycles. The van der Waals surface area contributed by atoms with E-state index in [-0.39, 0.29) is 41.5 Å². The number of hydrogen-bond donors (Lipinski definition) is 2. The summed E-state index contributed by atoms with van der Waals surface area (Å²) in [5.74, 6) is 1.35. The molecule has 3 atom stereocenters. The molecule has 6 aromatic rings. The first-order chi connectivity index (χ1) is 26.1. The average molecular weight is 834 g/mol. The van der Waals surface area contributed by atoms with Crippen molar-refractivity contribution in [2.24, 2.45) is 4.99 Å². The van der Waals surface area contributed by atoms with E-state index in [4.69, 9.17) is 23.2 Å². The van der Waals surface area contributed by atoms with E-state index in [0.717, 1.165) is 81.6 Å². The van der Waals surface area contributed by atoms with Gasteiger partial charge in [-0.25, -0.2) is 18.2 Å². The molecule has 1 saturated heterocycles. The van der Waals surface area contributed by atoms with Crippen molar-refractivity contribution in [1.29, 1.82) is 0 Å². The van der Waals surface area contributed by atoms with Crippen molar-refractivity contribution < 1.29 is 18.0 Å². The summed E-state index contributed by atoms with van der Waals surface area (Å²) < 4.78 is 42.6. The SMILES string of the molecule is Fc1cccc(C2CCC(Nc3ccc(Cl)cc3Br)=N2)c1.Fc1cccc(C2CCc3nc4ccc(Cl)cc4n32)c1.O=C1CCC(c2cccc(F)c2)N1. The average Bonchev–Trinajstić information content (AvgIpc) is 3.96. The number of anilines is 1. The van der Waals surface area contributed by atoms with Crippen LogP contribution in [0, 0.1) is 17.5 Å². The Labute approximate surface area is 329 Å². The number of aryl methyl sites for hydroxylation is 1. The summed E-state index contributed by atoms with van der Waals surface area (Å²) in [6.07, 6.45) is 4.90. The molecule has 54 heavy (non-hydrogen) atoms. The number of carbonyl (C=O) groups is 1. The van der Waals surface area contributed by atoms with Gasteiger partial charge in [-0.2, -0.15) is 0 Å². The fourth-order valence-corrected chi connectivity index (χ4v) is 7.99. The molecule has 0 radical (unpaired) electrons. The molecule has 6 nitrogen and oxygen atoms in total. The minimum atomic E-state index is -0.251. The molecule has 1 aromatic heterocycles. The van der Waals surface area contributed by atoms with Crippen LogP contribution >= 0.6 is 39.1 Å². The van der Waals surface area contributed by atoms with Crippen LogP contribution in [0.4, 0.5) is 18.9 Å². The highest BCUT2D eigenvalue weighted by Gasteiger charge is 2.27. The molecular formula is C42H35BrCl2F3N5O. The predicted octanol–water partition coefficient (Wildman–Crippen LogP) is 11.7. The molecular weight excluding hydrogens is 798 g/mol. The second-order valence-corrected chi connectivity index (χ2v) is 15.0. The van der Waals surface area contributed by atoms with Crippen LogP contribution in [0.15, 0.2) is 119 Å². The normalized spacial score (nSPS) is 18.6. The molecule has 1 fully saturated rings. The second-order valence-electron chi connectivity index (χ2n) is 13.3. The highest BCUT2D eigenvalue weighted by atomic mass is 79.9. The zero-order valence-corrected chi connectivity index (χ0v) is 32.0. The van der Waals surface area contributed by atoms with Gasteiger partial charge in [-0.1, -0.05) is 59.6 Å². The highest BCUT2D eigenvalue weighted by molar-refractivity contribution is 9.10. The van der Waals surface area contributed by atoms with Crippen molar-refractivity contribution in [3.8, 4) is 0 Å². The van der Waals surface area contributed by atoms with Gasteiger partial charge in [-0.3, -0.25) is 9.79 Å². The number of benzene rings is 5. The molecule has 0 spiro atoms. The summed E-state index contributed by atoms with van der Waals surface area (Å²) in [5, 5.41) is 7.47. The first-order valence-electron chi connectivity index (χ1n) is 17.6. The third-order valence-electron chi connectivity index (χ3n) is 9.57. The summed E-state index contributed by atoms with van der Waals surface area (Å²) in [4.78, 5) is 20.2. The van der Waals surface area contributed by atoms with Crippen LogP contribution in [-0.4, -0.2) is 21.3 Å². The van der Waals surface area contributed by atoms with Crippen molar-refractivity contribution in [2.75, 3.05) is 5.32 Å². The summed E-state index contributed by atoms with van der Waals surface area (Å²) in [5.41, 5.74) is 5.67. The Kier molecular flexibility index (Phi) is 11.7. The summed E-state index contributed by atoms with van der Waals surface area (Å²) in [7, 11) is 0. The van der Waals surface area contributed by atoms with Crippen LogP contribution in [-0.2, 0) is 11.2 Å². The van der Waals surface area contributed by atoms with Crippen LogP contribution in [0.25, 0.3) is 11.0 Å². The van der Waals surface area contributed by atoms with E-state index in [9.17, 15) is 18.0 Å². The number of fused-ring (bicyclic) bond motifs is 3. The van der Waals surface area contributed by atoms with Gasteiger partial charge in [0.2, 0.25) is 5.91 Å². The number of amidine groups is 1. The topological polar surface area (TPSA) is 71.3 Å². The molecule has 4 heterocycles. The van der Waals surface area contributed by atoms with Gasteiger partial charge in [0, 0.05) is 33.8 Å². The molecule has 3 aliphatic rings. The smallest absolute Gasteiger partial charge is 0.220 e. The minimum Gasteiger partial charge on any atom is -0.349 e. The number of nitrogens with one attached hydrogen (secondary N) is 2. The number of hydrogen-bond acceptors (Lipinski definition) is 4. The fraction of sp³-hybridized carbons (Fsp3) is 0.214. The van der Waals surface area contributed by atoms with E-state index >= 15 is 0 Å². The third-order valence-corrected chi connectivity index (χ3v) is 10.7. The third kappa shape index (κ3) is 9.00. The van der Waals surface area contributed by atoms with E-state index in [2.05, 4.69) is 41.1 Å². The van der Waals surface area contributed by atoms with E-state index in [1.165, 1.54) is 24.3 Å². The molecule has 3 unspecified atom stereocenters. The van der Waals surface area contributed by atoms with Crippen molar-refractivity contribution >= 4 is 67.6 Å². The van der Waals surface area contributed by atoms with Crippen LogP contribution in [0.2, 0.25) is 10.0 Å². The molecule has 2 N–H and O–H groups in total. The van der Waals surface area contributed by atoms with Gasteiger partial charge < -0.3 is 15.2 Å². The van der Waals surface area contributed by atoms with Crippen LogP contribution in [0.1, 0.15) is 72.7 Å². The van der Waals surface area contributed by atoms with Gasteiger partial charge in [0.1, 0.15) is 29.1 Å². The molecule has 12 heteroatoms. The van der Waals surface area contributed by atoms with E-state index < -0.39 is 0 Å². The maximum absolute atomic E-state index is 13.5. The van der Waals surface area contributed by atoms with Gasteiger partial charge in [0.15, 0.2) is 0 Å². The Morgan fingerprint density at radius 2 is 1.37 bits per heavy atom. The lowest BCUT2D eigenvalue weighted by molar-refractivity contribution is -0.119. The quantitative estimate of drug-likeness (QED) is 0.186. The Morgan fingerprint density at radius 3 is 2.06 bits per heavy atom. The number of halogens is 6. The Balaban J connectivity index is 0.000000129. The Morgan fingerprint density at radius 1 is 0.722 bits per heavy atom. The Hall–Kier alpha value is -4.64. The number of amides is 1. The van der Waals surface area contributed by atoms with Crippen LogP contribution in [0.5, 0.6) is 0 Å². The first kappa shape index (κ1) is 37.7. The van der Waals surface area contributed by atoms with Crippen molar-refractivity contribution in [3.05, 3.63) is 164 Å². The Bertz CT molecular complexity index is 2350. The maximum Gasteiger partial charge on any atom is 0.220 e. The summed E-state index contributed by atoms with van der Waals surface area (Å²) >= 11 is 15.5. The van der Waals surface area contributed by atoms with E-state index in [1.54, 1.807) is 30.3 Å². The number of rotatable bonds is 4. The van der Waals surface area contributed by atoms with Crippen molar-refractivity contribution in [3.63, 3.8) is 0 Å². The number of aliphatic imine (C=N–C) groups is 1. The fourth-order valence-electron chi connectivity index (χ4n) is 7.04. The first-order valence-corrected chi connectivity index (χ1v) is 19.2.